The van der Waals surface area contributed by atoms with Crippen molar-refractivity contribution in [1.29, 1.82) is 0 Å². The Bertz CT molecular complexity index is 571. The lowest BCUT2D eigenvalue weighted by molar-refractivity contribution is 0.178. The Morgan fingerprint density at radius 1 is 1.37 bits per heavy atom. The minimum absolute atomic E-state index is 0.0612. The van der Waals surface area contributed by atoms with Crippen LogP contribution in [0.5, 0.6) is 0 Å². The fourth-order valence-electron chi connectivity index (χ4n) is 1.60. The van der Waals surface area contributed by atoms with Crippen LogP contribution in [0.15, 0.2) is 19.0 Å². The Hall–Kier alpha value is 0.250. The first kappa shape index (κ1) is 15.6. The van der Waals surface area contributed by atoms with Gasteiger partial charge in [-0.2, -0.15) is 0 Å². The Labute approximate surface area is 138 Å². The molecule has 0 aliphatic carbocycles. The lowest BCUT2D eigenvalue weighted by Gasteiger charge is -2.14. The van der Waals surface area contributed by atoms with E-state index in [0.717, 1.165) is 23.8 Å². The Morgan fingerprint density at radius 3 is 2.53 bits per heavy atom. The molecule has 0 saturated heterocycles. The van der Waals surface area contributed by atoms with Crippen molar-refractivity contribution in [2.75, 3.05) is 0 Å². The van der Waals surface area contributed by atoms with Gasteiger partial charge in [-0.15, -0.1) is 22.7 Å². The summed E-state index contributed by atoms with van der Waals surface area (Å²) in [5, 5.41) is 13.4. The van der Waals surface area contributed by atoms with E-state index in [1.54, 1.807) is 22.7 Å². The van der Waals surface area contributed by atoms with Crippen LogP contribution < -0.4 is 0 Å². The van der Waals surface area contributed by atoms with Gasteiger partial charge in [0.1, 0.15) is 0 Å². The molecular formula is C13H15Br2NOS2. The molecule has 0 aliphatic heterocycles. The lowest BCUT2D eigenvalue weighted by Crippen LogP contribution is -2.11. The number of hydrogen-bond donors (Lipinski definition) is 1. The first-order chi connectivity index (χ1) is 8.77. The molecule has 2 heterocycles. The van der Waals surface area contributed by atoms with Crippen molar-refractivity contribution in [3.63, 3.8) is 0 Å². The molecule has 2 nitrogen and oxygen atoms in total. The van der Waals surface area contributed by atoms with E-state index in [9.17, 15) is 5.11 Å². The maximum Gasteiger partial charge on any atom is 0.0957 e. The predicted molar refractivity (Wildman–Crippen MR) is 89.2 cm³/mol. The van der Waals surface area contributed by atoms with Gasteiger partial charge in [0.25, 0.3) is 0 Å². The third-order valence-electron chi connectivity index (χ3n) is 2.73. The van der Waals surface area contributed by atoms with E-state index in [1.807, 2.05) is 6.07 Å². The first-order valence-electron chi connectivity index (χ1n) is 5.85. The smallest absolute Gasteiger partial charge is 0.0957 e. The third kappa shape index (κ3) is 3.88. The summed E-state index contributed by atoms with van der Waals surface area (Å²) in [5.41, 5.74) is 2.07. The molecule has 2 rings (SSSR count). The molecule has 0 radical (unpaired) electrons. The van der Waals surface area contributed by atoms with E-state index >= 15 is 0 Å². The second kappa shape index (κ2) is 5.93. The summed E-state index contributed by atoms with van der Waals surface area (Å²) in [5.74, 6) is 0. The van der Waals surface area contributed by atoms with Crippen molar-refractivity contribution in [2.45, 2.75) is 38.7 Å². The molecule has 1 unspecified atom stereocenters. The highest BCUT2D eigenvalue weighted by molar-refractivity contribution is 9.12. The largest absolute Gasteiger partial charge is 0.388 e. The number of aliphatic hydroxyl groups is 1. The van der Waals surface area contributed by atoms with E-state index in [1.165, 1.54) is 0 Å². The van der Waals surface area contributed by atoms with Gasteiger partial charge in [-0.3, -0.25) is 0 Å². The van der Waals surface area contributed by atoms with Crippen LogP contribution in [-0.4, -0.2) is 10.1 Å². The number of rotatable bonds is 3. The van der Waals surface area contributed by atoms with Crippen molar-refractivity contribution < 1.29 is 5.11 Å². The SMILES string of the molecule is CC(C)(C)c1csc(CC(O)c2cc(Br)sc2Br)n1. The molecule has 0 spiro atoms. The number of thiophene rings is 1. The number of aliphatic hydroxyl groups excluding tert-OH is 1. The third-order valence-corrected chi connectivity index (χ3v) is 5.99. The topological polar surface area (TPSA) is 33.1 Å². The number of hydrogen-bond acceptors (Lipinski definition) is 4. The number of aromatic nitrogens is 1. The fourth-order valence-corrected chi connectivity index (χ4v) is 5.62. The van der Waals surface area contributed by atoms with Gasteiger partial charge in [0.05, 0.1) is 24.4 Å². The van der Waals surface area contributed by atoms with Crippen LogP contribution in [0, 0.1) is 0 Å². The second-order valence-electron chi connectivity index (χ2n) is 5.38. The average Bonchev–Trinajstić information content (AvgIpc) is 2.84. The Balaban J connectivity index is 2.13. The number of halogens is 2. The molecule has 19 heavy (non-hydrogen) atoms. The summed E-state index contributed by atoms with van der Waals surface area (Å²) in [6.45, 7) is 6.44. The molecule has 0 bridgehead atoms. The summed E-state index contributed by atoms with van der Waals surface area (Å²) < 4.78 is 1.99. The summed E-state index contributed by atoms with van der Waals surface area (Å²) >= 11 is 10.1. The van der Waals surface area contributed by atoms with Gasteiger partial charge < -0.3 is 5.11 Å². The van der Waals surface area contributed by atoms with E-state index in [2.05, 4.69) is 63.0 Å². The van der Waals surface area contributed by atoms with Crippen molar-refractivity contribution >= 4 is 54.5 Å². The van der Waals surface area contributed by atoms with Crippen LogP contribution in [0.25, 0.3) is 0 Å². The normalized spacial score (nSPS) is 13.8. The quantitative estimate of drug-likeness (QED) is 0.724. The fraction of sp³-hybridized carbons (Fsp3) is 0.462. The van der Waals surface area contributed by atoms with E-state index in [4.69, 9.17) is 0 Å². The summed E-state index contributed by atoms with van der Waals surface area (Å²) in [7, 11) is 0. The van der Waals surface area contributed by atoms with Crippen molar-refractivity contribution in [3.8, 4) is 0 Å². The molecule has 0 amide bonds. The van der Waals surface area contributed by atoms with Gasteiger partial charge in [-0.25, -0.2) is 4.98 Å². The van der Waals surface area contributed by atoms with Crippen molar-refractivity contribution in [3.05, 3.63) is 35.3 Å². The molecule has 1 N–H and O–H groups in total. The maximum absolute atomic E-state index is 10.3. The van der Waals surface area contributed by atoms with Crippen LogP contribution in [0.2, 0.25) is 0 Å². The lowest BCUT2D eigenvalue weighted by atomic mass is 9.93. The van der Waals surface area contributed by atoms with Crippen LogP contribution in [0.4, 0.5) is 0 Å². The zero-order valence-electron chi connectivity index (χ0n) is 10.9. The molecule has 0 saturated carbocycles. The minimum Gasteiger partial charge on any atom is -0.388 e. The highest BCUT2D eigenvalue weighted by Crippen LogP contribution is 2.37. The average molecular weight is 425 g/mol. The highest BCUT2D eigenvalue weighted by atomic mass is 79.9. The van der Waals surface area contributed by atoms with E-state index < -0.39 is 6.10 Å². The van der Waals surface area contributed by atoms with Crippen molar-refractivity contribution in [1.82, 2.24) is 4.98 Å². The highest BCUT2D eigenvalue weighted by Gasteiger charge is 2.20. The second-order valence-corrected chi connectivity index (χ2v) is 10.1. The minimum atomic E-state index is -0.518. The molecule has 2 aromatic rings. The standard InChI is InChI=1S/C13H15Br2NOS2/c1-13(2,3)9-6-18-11(16-9)5-8(17)7-4-10(14)19-12(7)15/h4,6,8,17H,5H2,1-3H3. The van der Waals surface area contributed by atoms with Crippen molar-refractivity contribution in [2.24, 2.45) is 0 Å². The van der Waals surface area contributed by atoms with E-state index in [-0.39, 0.29) is 5.41 Å². The van der Waals surface area contributed by atoms with Gasteiger partial charge >= 0.3 is 0 Å². The monoisotopic (exact) mass is 423 g/mol. The molecule has 0 aromatic carbocycles. The van der Waals surface area contributed by atoms with E-state index in [0.29, 0.717) is 6.42 Å². The molecule has 0 fully saturated rings. The first-order valence-corrected chi connectivity index (χ1v) is 9.13. The Morgan fingerprint density at radius 2 is 2.05 bits per heavy atom. The summed E-state index contributed by atoms with van der Waals surface area (Å²) in [4.78, 5) is 4.62. The zero-order valence-corrected chi connectivity index (χ0v) is 15.7. The van der Waals surface area contributed by atoms with Crippen LogP contribution in [0.1, 0.15) is 43.1 Å². The summed E-state index contributed by atoms with van der Waals surface area (Å²) in [6, 6.07) is 1.96. The molecule has 2 aromatic heterocycles. The summed E-state index contributed by atoms with van der Waals surface area (Å²) in [6.07, 6.45) is 0.0404. The van der Waals surface area contributed by atoms with Gasteiger partial charge in [0, 0.05) is 22.8 Å². The zero-order chi connectivity index (χ0) is 14.2. The van der Waals surface area contributed by atoms with Gasteiger partial charge in [-0.05, 0) is 37.9 Å². The molecule has 6 heteroatoms. The molecule has 1 atom stereocenters. The maximum atomic E-state index is 10.3. The van der Waals surface area contributed by atoms with Gasteiger partial charge in [-0.1, -0.05) is 20.8 Å². The molecule has 104 valence electrons. The Kier molecular flexibility index (Phi) is 4.88. The van der Waals surface area contributed by atoms with Crippen LogP contribution in [-0.2, 0) is 11.8 Å². The predicted octanol–water partition coefficient (Wildman–Crippen LogP) is 5.30. The molecular weight excluding hydrogens is 410 g/mol. The number of nitrogens with zero attached hydrogens (tertiary/aromatic N) is 1. The number of thiazole rings is 1. The van der Waals surface area contributed by atoms with Crippen LogP contribution >= 0.6 is 54.5 Å². The van der Waals surface area contributed by atoms with Gasteiger partial charge in [0.15, 0.2) is 0 Å². The molecule has 0 aliphatic rings. The van der Waals surface area contributed by atoms with Crippen LogP contribution in [0.3, 0.4) is 0 Å². The van der Waals surface area contributed by atoms with Gasteiger partial charge in [0.2, 0.25) is 0 Å².